The monoisotopic (exact) mass is 382 g/mol. The number of aromatic nitrogens is 1. The molecule has 0 radical (unpaired) electrons. The van der Waals surface area contributed by atoms with Crippen LogP contribution < -0.4 is 0 Å². The molecule has 1 aliphatic rings. The lowest BCUT2D eigenvalue weighted by atomic mass is 9.89. The van der Waals surface area contributed by atoms with Gasteiger partial charge in [-0.05, 0) is 55.4 Å². The lowest BCUT2D eigenvalue weighted by molar-refractivity contribution is 0.0853. The minimum atomic E-state index is -0.214. The summed E-state index contributed by atoms with van der Waals surface area (Å²) in [6.45, 7) is 8.10. The topological polar surface area (TPSA) is 28.4 Å². The van der Waals surface area contributed by atoms with Gasteiger partial charge in [0.1, 0.15) is 0 Å². The van der Waals surface area contributed by atoms with Gasteiger partial charge in [0.15, 0.2) is 0 Å². The molecule has 1 saturated carbocycles. The zero-order valence-corrected chi connectivity index (χ0v) is 17.8. The summed E-state index contributed by atoms with van der Waals surface area (Å²) in [7, 11) is 0. The molecule has 1 heterocycles. The Bertz CT molecular complexity index is 702. The van der Waals surface area contributed by atoms with Gasteiger partial charge in [0.25, 0.3) is 0 Å². The summed E-state index contributed by atoms with van der Waals surface area (Å²) in [5.74, 6) is 0.794. The van der Waals surface area contributed by atoms with Gasteiger partial charge in [-0.25, -0.2) is 0 Å². The molecule has 28 heavy (non-hydrogen) atoms. The standard InChI is InChI=1S/C25H38N2O/c1-3-10-25(28)20-26(17-22-12-5-4-6-13-22)19-24-15-9-16-27(24)18-23-14-8-7-11-21(23)2/h7-9,11,14-16,22,25,28H,3-6,10,12-13,17-20H2,1-2H3/t25-/m1/s1. The Labute approximate surface area is 171 Å². The predicted molar refractivity (Wildman–Crippen MR) is 117 cm³/mol. The van der Waals surface area contributed by atoms with Gasteiger partial charge in [0.05, 0.1) is 6.10 Å². The molecule has 1 aliphatic carbocycles. The number of hydrogen-bond donors (Lipinski definition) is 1. The fourth-order valence-electron chi connectivity index (χ4n) is 4.61. The van der Waals surface area contributed by atoms with Crippen molar-refractivity contribution in [2.75, 3.05) is 13.1 Å². The number of aliphatic hydroxyl groups is 1. The maximum absolute atomic E-state index is 10.5. The van der Waals surface area contributed by atoms with E-state index in [0.29, 0.717) is 0 Å². The molecule has 0 unspecified atom stereocenters. The van der Waals surface area contributed by atoms with E-state index < -0.39 is 0 Å². The molecule has 0 spiro atoms. The van der Waals surface area contributed by atoms with Gasteiger partial charge in [0, 0.05) is 38.1 Å². The van der Waals surface area contributed by atoms with Crippen LogP contribution in [0.15, 0.2) is 42.6 Å². The Kier molecular flexibility index (Phi) is 8.17. The second kappa shape index (κ2) is 10.8. The lowest BCUT2D eigenvalue weighted by Gasteiger charge is -2.31. The van der Waals surface area contributed by atoms with E-state index in [1.54, 1.807) is 0 Å². The van der Waals surface area contributed by atoms with Crippen LogP contribution in [0.3, 0.4) is 0 Å². The average Bonchev–Trinajstić information content (AvgIpc) is 3.11. The van der Waals surface area contributed by atoms with Crippen LogP contribution in [0, 0.1) is 12.8 Å². The van der Waals surface area contributed by atoms with Crippen LogP contribution in [0.25, 0.3) is 0 Å². The Morgan fingerprint density at radius 3 is 2.64 bits per heavy atom. The molecule has 1 atom stereocenters. The van der Waals surface area contributed by atoms with Crippen molar-refractivity contribution in [3.63, 3.8) is 0 Å². The highest BCUT2D eigenvalue weighted by Gasteiger charge is 2.20. The first-order chi connectivity index (χ1) is 13.7. The predicted octanol–water partition coefficient (Wildman–Crippen LogP) is 5.39. The highest BCUT2D eigenvalue weighted by molar-refractivity contribution is 5.26. The summed E-state index contributed by atoms with van der Waals surface area (Å²) in [4.78, 5) is 2.51. The molecule has 1 fully saturated rings. The SMILES string of the molecule is CCC[C@@H](O)CN(Cc1cccn1Cc1ccccc1C)CC1CCCCC1. The van der Waals surface area contributed by atoms with Crippen LogP contribution in [-0.4, -0.2) is 33.8 Å². The van der Waals surface area contributed by atoms with Gasteiger partial charge in [-0.1, -0.05) is 56.9 Å². The molecule has 3 nitrogen and oxygen atoms in total. The van der Waals surface area contributed by atoms with Crippen LogP contribution in [0.1, 0.15) is 68.7 Å². The molecule has 0 bridgehead atoms. The number of aliphatic hydroxyl groups excluding tert-OH is 1. The van der Waals surface area contributed by atoms with Crippen LogP contribution in [0.5, 0.6) is 0 Å². The number of aryl methyl sites for hydroxylation is 1. The zero-order chi connectivity index (χ0) is 19.8. The van der Waals surface area contributed by atoms with Crippen LogP contribution >= 0.6 is 0 Å². The van der Waals surface area contributed by atoms with Gasteiger partial charge in [-0.15, -0.1) is 0 Å². The van der Waals surface area contributed by atoms with Crippen LogP contribution in [0.4, 0.5) is 0 Å². The first-order valence-electron chi connectivity index (χ1n) is 11.2. The first kappa shape index (κ1) is 21.1. The number of benzene rings is 1. The molecule has 3 heteroatoms. The van der Waals surface area contributed by atoms with Crippen molar-refractivity contribution in [1.82, 2.24) is 9.47 Å². The normalized spacial score (nSPS) is 16.6. The third-order valence-corrected chi connectivity index (χ3v) is 6.24. The van der Waals surface area contributed by atoms with Gasteiger partial charge in [0.2, 0.25) is 0 Å². The third kappa shape index (κ3) is 6.22. The molecule has 0 saturated heterocycles. The van der Waals surface area contributed by atoms with Crippen molar-refractivity contribution in [1.29, 1.82) is 0 Å². The molecule has 2 aromatic rings. The Hall–Kier alpha value is -1.58. The van der Waals surface area contributed by atoms with Crippen molar-refractivity contribution < 1.29 is 5.11 Å². The molecule has 1 aromatic carbocycles. The van der Waals surface area contributed by atoms with Gasteiger partial charge in [-0.2, -0.15) is 0 Å². The minimum absolute atomic E-state index is 0.214. The lowest BCUT2D eigenvalue weighted by Crippen LogP contribution is -2.36. The van der Waals surface area contributed by atoms with Crippen molar-refractivity contribution in [3.8, 4) is 0 Å². The molecule has 0 amide bonds. The molecule has 0 aliphatic heterocycles. The fourth-order valence-corrected chi connectivity index (χ4v) is 4.61. The molecular weight excluding hydrogens is 344 g/mol. The smallest absolute Gasteiger partial charge is 0.0667 e. The Morgan fingerprint density at radius 2 is 1.89 bits per heavy atom. The first-order valence-corrected chi connectivity index (χ1v) is 11.2. The summed E-state index contributed by atoms with van der Waals surface area (Å²) in [6.07, 6.45) is 10.8. The summed E-state index contributed by atoms with van der Waals surface area (Å²) in [6, 6.07) is 13.1. The summed E-state index contributed by atoms with van der Waals surface area (Å²) in [5, 5.41) is 10.5. The highest BCUT2D eigenvalue weighted by Crippen LogP contribution is 2.25. The summed E-state index contributed by atoms with van der Waals surface area (Å²) >= 11 is 0. The van der Waals surface area contributed by atoms with E-state index in [1.807, 2.05) is 0 Å². The van der Waals surface area contributed by atoms with Crippen LogP contribution in [0.2, 0.25) is 0 Å². The Morgan fingerprint density at radius 1 is 1.11 bits per heavy atom. The van der Waals surface area contributed by atoms with Crippen molar-refractivity contribution in [2.24, 2.45) is 5.92 Å². The second-order valence-electron chi connectivity index (χ2n) is 8.69. The molecule has 1 N–H and O–H groups in total. The summed E-state index contributed by atoms with van der Waals surface area (Å²) < 4.78 is 2.38. The Balaban J connectivity index is 1.69. The minimum Gasteiger partial charge on any atom is -0.392 e. The van der Waals surface area contributed by atoms with Crippen molar-refractivity contribution in [3.05, 3.63) is 59.4 Å². The summed E-state index contributed by atoms with van der Waals surface area (Å²) in [5.41, 5.74) is 4.08. The largest absolute Gasteiger partial charge is 0.392 e. The van der Waals surface area contributed by atoms with E-state index in [4.69, 9.17) is 0 Å². The van der Waals surface area contributed by atoms with Crippen LogP contribution in [-0.2, 0) is 13.1 Å². The fraction of sp³-hybridized carbons (Fsp3) is 0.600. The van der Waals surface area contributed by atoms with Crippen molar-refractivity contribution in [2.45, 2.75) is 78.0 Å². The van der Waals surface area contributed by atoms with Gasteiger partial charge >= 0.3 is 0 Å². The van der Waals surface area contributed by atoms with E-state index in [9.17, 15) is 5.11 Å². The molecular formula is C25H38N2O. The van der Waals surface area contributed by atoms with E-state index in [-0.39, 0.29) is 6.10 Å². The van der Waals surface area contributed by atoms with E-state index >= 15 is 0 Å². The number of hydrogen-bond acceptors (Lipinski definition) is 2. The zero-order valence-electron chi connectivity index (χ0n) is 17.8. The maximum atomic E-state index is 10.5. The third-order valence-electron chi connectivity index (χ3n) is 6.24. The molecule has 3 rings (SSSR count). The van der Waals surface area contributed by atoms with E-state index in [0.717, 1.165) is 44.9 Å². The number of rotatable bonds is 10. The maximum Gasteiger partial charge on any atom is 0.0667 e. The van der Waals surface area contributed by atoms with E-state index in [1.165, 1.54) is 48.9 Å². The second-order valence-corrected chi connectivity index (χ2v) is 8.69. The number of nitrogens with zero attached hydrogens (tertiary/aromatic N) is 2. The van der Waals surface area contributed by atoms with Crippen molar-refractivity contribution >= 4 is 0 Å². The van der Waals surface area contributed by atoms with Gasteiger partial charge < -0.3 is 9.67 Å². The van der Waals surface area contributed by atoms with E-state index in [2.05, 4.69) is 65.9 Å². The average molecular weight is 383 g/mol. The molecule has 1 aromatic heterocycles. The molecule has 154 valence electrons. The quantitative estimate of drug-likeness (QED) is 0.597. The highest BCUT2D eigenvalue weighted by atomic mass is 16.3. The van der Waals surface area contributed by atoms with Gasteiger partial charge in [-0.3, -0.25) is 4.90 Å².